The van der Waals surface area contributed by atoms with Crippen molar-refractivity contribution in [2.45, 2.75) is 76.7 Å². The lowest BCUT2D eigenvalue weighted by Crippen LogP contribution is -2.53. The maximum Gasteiger partial charge on any atom is 0.243 e. The van der Waals surface area contributed by atoms with Gasteiger partial charge in [-0.15, -0.1) is 24.0 Å². The molecule has 6 nitrogen and oxygen atoms in total. The van der Waals surface area contributed by atoms with Crippen LogP contribution in [0.2, 0.25) is 0 Å². The predicted octanol–water partition coefficient (Wildman–Crippen LogP) is 3.22. The van der Waals surface area contributed by atoms with Gasteiger partial charge in [0.15, 0.2) is 5.96 Å². The monoisotopic (exact) mass is 527 g/mol. The number of benzene rings is 1. The third-order valence-corrected chi connectivity index (χ3v) is 6.30. The Labute approximate surface area is 198 Å². The van der Waals surface area contributed by atoms with Crippen LogP contribution in [-0.2, 0) is 11.3 Å². The van der Waals surface area contributed by atoms with Crippen molar-refractivity contribution < 1.29 is 4.79 Å². The van der Waals surface area contributed by atoms with Crippen LogP contribution in [0.4, 0.5) is 0 Å². The summed E-state index contributed by atoms with van der Waals surface area (Å²) < 4.78 is 0. The van der Waals surface area contributed by atoms with Crippen LogP contribution < -0.4 is 10.6 Å². The first-order chi connectivity index (χ1) is 14.0. The van der Waals surface area contributed by atoms with Crippen molar-refractivity contribution in [1.82, 2.24) is 20.4 Å². The second kappa shape index (κ2) is 11.9. The van der Waals surface area contributed by atoms with E-state index in [0.29, 0.717) is 24.2 Å². The molecule has 0 aliphatic carbocycles. The summed E-state index contributed by atoms with van der Waals surface area (Å²) in [6, 6.07) is 12.8. The molecule has 3 unspecified atom stereocenters. The Morgan fingerprint density at radius 3 is 2.40 bits per heavy atom. The summed E-state index contributed by atoms with van der Waals surface area (Å²) in [6.07, 6.45) is 5.83. The number of carbonyl (C=O) groups excluding carboxylic acids is 1. The van der Waals surface area contributed by atoms with Gasteiger partial charge in [-0.3, -0.25) is 9.69 Å². The van der Waals surface area contributed by atoms with E-state index in [1.165, 1.54) is 18.4 Å². The number of aliphatic imine (C=N–C) groups is 1. The number of fused-ring (bicyclic) bond motifs is 2. The van der Waals surface area contributed by atoms with Gasteiger partial charge in [0, 0.05) is 44.8 Å². The van der Waals surface area contributed by atoms with Crippen LogP contribution in [0.3, 0.4) is 0 Å². The maximum atomic E-state index is 12.0. The standard InChI is InChI=1S/C23H37N5O.HI/c1-5-17(2)25-23(24-15-22(29)27(3)4)26-19-13-20-11-12-21(14-19)28(20)16-18-9-7-6-8-10-18;/h6-10,17,19-21H,5,11-16H2,1-4H3,(H2,24,25,26);1H. The Morgan fingerprint density at radius 1 is 1.20 bits per heavy atom. The van der Waals surface area contributed by atoms with Crippen LogP contribution in [-0.4, -0.2) is 66.5 Å². The topological polar surface area (TPSA) is 60.0 Å². The zero-order chi connectivity index (χ0) is 20.8. The molecule has 2 N–H and O–H groups in total. The smallest absolute Gasteiger partial charge is 0.243 e. The molecule has 0 spiro atoms. The normalized spacial score (nSPS) is 24.7. The van der Waals surface area contributed by atoms with Crippen molar-refractivity contribution in [2.75, 3.05) is 20.6 Å². The Morgan fingerprint density at radius 2 is 1.83 bits per heavy atom. The van der Waals surface area contributed by atoms with E-state index in [9.17, 15) is 4.79 Å². The molecule has 1 aromatic rings. The fraction of sp³-hybridized carbons (Fsp3) is 0.652. The highest BCUT2D eigenvalue weighted by molar-refractivity contribution is 14.0. The van der Waals surface area contributed by atoms with Gasteiger partial charge < -0.3 is 15.5 Å². The zero-order valence-corrected chi connectivity index (χ0v) is 21.1. The molecule has 2 heterocycles. The van der Waals surface area contributed by atoms with Crippen LogP contribution >= 0.6 is 24.0 Å². The van der Waals surface area contributed by atoms with Crippen LogP contribution in [0.25, 0.3) is 0 Å². The average molecular weight is 527 g/mol. The van der Waals surface area contributed by atoms with E-state index in [-0.39, 0.29) is 36.4 Å². The molecule has 2 bridgehead atoms. The Balaban J connectivity index is 0.00000320. The first-order valence-corrected chi connectivity index (χ1v) is 11.0. The molecular formula is C23H38IN5O. The van der Waals surface area contributed by atoms with E-state index >= 15 is 0 Å². The molecule has 3 atom stereocenters. The first kappa shape index (κ1) is 24.9. The Bertz CT molecular complexity index is 682. The molecule has 7 heteroatoms. The average Bonchev–Trinajstić information content (AvgIpc) is 2.94. The van der Waals surface area contributed by atoms with Gasteiger partial charge in [-0.2, -0.15) is 0 Å². The summed E-state index contributed by atoms with van der Waals surface area (Å²) in [7, 11) is 3.54. The summed E-state index contributed by atoms with van der Waals surface area (Å²) in [5, 5.41) is 7.11. The second-order valence-electron chi connectivity index (χ2n) is 8.76. The summed E-state index contributed by atoms with van der Waals surface area (Å²) in [6.45, 7) is 5.53. The minimum Gasteiger partial charge on any atom is -0.354 e. The van der Waals surface area contributed by atoms with Gasteiger partial charge in [-0.05, 0) is 44.6 Å². The van der Waals surface area contributed by atoms with Gasteiger partial charge in [0.2, 0.25) is 5.91 Å². The molecule has 30 heavy (non-hydrogen) atoms. The quantitative estimate of drug-likeness (QED) is 0.325. The molecule has 2 aliphatic heterocycles. The summed E-state index contributed by atoms with van der Waals surface area (Å²) in [5.74, 6) is 0.795. The first-order valence-electron chi connectivity index (χ1n) is 11.0. The fourth-order valence-electron chi connectivity index (χ4n) is 4.39. The Hall–Kier alpha value is -1.35. The maximum absolute atomic E-state index is 12.0. The molecule has 0 aromatic heterocycles. The van der Waals surface area contributed by atoms with E-state index in [2.05, 4.69) is 64.7 Å². The van der Waals surface area contributed by atoms with Gasteiger partial charge in [0.25, 0.3) is 0 Å². The number of halogens is 1. The number of carbonyl (C=O) groups is 1. The highest BCUT2D eigenvalue weighted by Gasteiger charge is 2.40. The highest BCUT2D eigenvalue weighted by atomic mass is 127. The third kappa shape index (κ3) is 6.83. The minimum absolute atomic E-state index is 0. The summed E-state index contributed by atoms with van der Waals surface area (Å²) in [4.78, 5) is 20.8. The van der Waals surface area contributed by atoms with Crippen molar-refractivity contribution in [3.8, 4) is 0 Å². The van der Waals surface area contributed by atoms with Crippen LogP contribution in [0, 0.1) is 0 Å². The summed E-state index contributed by atoms with van der Waals surface area (Å²) >= 11 is 0. The number of nitrogens with one attached hydrogen (secondary N) is 2. The molecule has 2 saturated heterocycles. The van der Waals surface area contributed by atoms with Gasteiger partial charge in [0.05, 0.1) is 0 Å². The largest absolute Gasteiger partial charge is 0.354 e. The second-order valence-corrected chi connectivity index (χ2v) is 8.76. The molecule has 0 radical (unpaired) electrons. The number of hydrogen-bond acceptors (Lipinski definition) is 3. The zero-order valence-electron chi connectivity index (χ0n) is 18.8. The lowest BCUT2D eigenvalue weighted by molar-refractivity contribution is -0.127. The molecule has 1 amide bonds. The SMILES string of the molecule is CCC(C)NC(=NCC(=O)N(C)C)NC1CC2CCC(C1)N2Cc1ccccc1.I. The lowest BCUT2D eigenvalue weighted by atomic mass is 9.96. The van der Waals surface area contributed by atoms with Crippen LogP contribution in [0.15, 0.2) is 35.3 Å². The van der Waals surface area contributed by atoms with E-state index < -0.39 is 0 Å². The van der Waals surface area contributed by atoms with Crippen molar-refractivity contribution in [1.29, 1.82) is 0 Å². The number of amides is 1. The van der Waals surface area contributed by atoms with Crippen molar-refractivity contribution in [3.63, 3.8) is 0 Å². The highest BCUT2D eigenvalue weighted by Crippen LogP contribution is 2.36. The lowest BCUT2D eigenvalue weighted by Gasteiger charge is -2.40. The molecule has 3 rings (SSSR count). The molecular weight excluding hydrogens is 489 g/mol. The Kier molecular flexibility index (Phi) is 9.87. The molecule has 1 aromatic carbocycles. The van der Waals surface area contributed by atoms with Gasteiger partial charge in [-0.1, -0.05) is 37.3 Å². The molecule has 0 saturated carbocycles. The van der Waals surface area contributed by atoms with Crippen molar-refractivity contribution >= 4 is 35.8 Å². The molecule has 168 valence electrons. The molecule has 2 fully saturated rings. The fourth-order valence-corrected chi connectivity index (χ4v) is 4.39. The number of nitrogens with zero attached hydrogens (tertiary/aromatic N) is 3. The van der Waals surface area contributed by atoms with Crippen LogP contribution in [0.1, 0.15) is 51.5 Å². The number of piperidine rings is 1. The van der Waals surface area contributed by atoms with Crippen molar-refractivity contribution in [2.24, 2.45) is 4.99 Å². The number of guanidine groups is 1. The van der Waals surface area contributed by atoms with E-state index in [0.717, 1.165) is 31.8 Å². The van der Waals surface area contributed by atoms with Gasteiger partial charge in [0.1, 0.15) is 6.54 Å². The van der Waals surface area contributed by atoms with Gasteiger partial charge >= 0.3 is 0 Å². The van der Waals surface area contributed by atoms with Crippen molar-refractivity contribution in [3.05, 3.63) is 35.9 Å². The minimum atomic E-state index is 0. The molecule has 2 aliphatic rings. The number of likely N-dealkylation sites (N-methyl/N-ethyl adjacent to an activating group) is 1. The van der Waals surface area contributed by atoms with E-state index in [4.69, 9.17) is 0 Å². The summed E-state index contributed by atoms with van der Waals surface area (Å²) in [5.41, 5.74) is 1.40. The van der Waals surface area contributed by atoms with Gasteiger partial charge in [-0.25, -0.2) is 4.99 Å². The van der Waals surface area contributed by atoms with E-state index in [1.54, 1.807) is 19.0 Å². The third-order valence-electron chi connectivity index (χ3n) is 6.30. The van der Waals surface area contributed by atoms with Crippen LogP contribution in [0.5, 0.6) is 0 Å². The predicted molar refractivity (Wildman–Crippen MR) is 134 cm³/mol. The van der Waals surface area contributed by atoms with E-state index in [1.807, 2.05) is 0 Å². The number of hydrogen-bond donors (Lipinski definition) is 2. The number of rotatable bonds is 7.